The van der Waals surface area contributed by atoms with Gasteiger partial charge in [0.1, 0.15) is 0 Å². The van der Waals surface area contributed by atoms with Crippen LogP contribution in [0.4, 0.5) is 0 Å². The number of morpholine rings is 1. The van der Waals surface area contributed by atoms with Crippen LogP contribution < -0.4 is 5.32 Å². The van der Waals surface area contributed by atoms with Crippen LogP contribution in [0.1, 0.15) is 26.7 Å². The number of rotatable bonds is 5. The Labute approximate surface area is 104 Å². The van der Waals surface area contributed by atoms with Gasteiger partial charge in [-0.1, -0.05) is 0 Å². The molecular formula is C11H22N2O3S. The smallest absolute Gasteiger partial charge is 0.215 e. The Kier molecular flexibility index (Phi) is 4.07. The van der Waals surface area contributed by atoms with Crippen molar-refractivity contribution in [2.24, 2.45) is 0 Å². The van der Waals surface area contributed by atoms with Gasteiger partial charge in [-0.2, -0.15) is 4.31 Å². The summed E-state index contributed by atoms with van der Waals surface area (Å²) in [6.07, 6.45) is 2.35. The molecule has 1 aliphatic carbocycles. The third-order valence-corrected chi connectivity index (χ3v) is 4.95. The SMILES string of the molecule is CC1CN(S(=O)(=O)CCNC2CC2)CC(C)O1. The lowest BCUT2D eigenvalue weighted by Crippen LogP contribution is -2.49. The lowest BCUT2D eigenvalue weighted by molar-refractivity contribution is -0.0440. The standard InChI is InChI=1S/C11H22N2O3S/c1-9-7-13(8-10(2)16-9)17(14,15)6-5-12-11-3-4-11/h9-12H,3-8H2,1-2H3. The second kappa shape index (κ2) is 5.22. The Hall–Kier alpha value is -0.170. The van der Waals surface area contributed by atoms with Crippen molar-refractivity contribution in [3.63, 3.8) is 0 Å². The van der Waals surface area contributed by atoms with Crippen LogP contribution in [0, 0.1) is 0 Å². The van der Waals surface area contributed by atoms with E-state index >= 15 is 0 Å². The van der Waals surface area contributed by atoms with Crippen LogP contribution in [0.2, 0.25) is 0 Å². The lowest BCUT2D eigenvalue weighted by atomic mass is 10.3. The van der Waals surface area contributed by atoms with Gasteiger partial charge in [-0.3, -0.25) is 0 Å². The number of hydrogen-bond donors (Lipinski definition) is 1. The molecule has 1 saturated carbocycles. The summed E-state index contributed by atoms with van der Waals surface area (Å²) in [5, 5.41) is 3.24. The van der Waals surface area contributed by atoms with Gasteiger partial charge in [0.15, 0.2) is 0 Å². The highest BCUT2D eigenvalue weighted by atomic mass is 32.2. The fourth-order valence-electron chi connectivity index (χ4n) is 2.17. The zero-order valence-electron chi connectivity index (χ0n) is 10.6. The molecule has 0 aromatic rings. The summed E-state index contributed by atoms with van der Waals surface area (Å²) in [5.74, 6) is 0.197. The van der Waals surface area contributed by atoms with Crippen molar-refractivity contribution in [1.82, 2.24) is 9.62 Å². The molecule has 0 aromatic carbocycles. The summed E-state index contributed by atoms with van der Waals surface area (Å²) in [6.45, 7) is 5.36. The van der Waals surface area contributed by atoms with Gasteiger partial charge in [0.2, 0.25) is 10.0 Å². The largest absolute Gasteiger partial charge is 0.373 e. The second-order valence-electron chi connectivity index (χ2n) is 5.12. The van der Waals surface area contributed by atoms with Crippen molar-refractivity contribution in [2.45, 2.75) is 44.9 Å². The average Bonchev–Trinajstić information content (AvgIpc) is 3.00. The first-order valence-electron chi connectivity index (χ1n) is 6.34. The van der Waals surface area contributed by atoms with E-state index in [0.29, 0.717) is 25.7 Å². The van der Waals surface area contributed by atoms with E-state index in [1.54, 1.807) is 4.31 Å². The summed E-state index contributed by atoms with van der Waals surface area (Å²) >= 11 is 0. The predicted octanol–water partition coefficient (Wildman–Crippen LogP) is 0.177. The number of nitrogens with one attached hydrogen (secondary N) is 1. The van der Waals surface area contributed by atoms with Gasteiger partial charge in [-0.25, -0.2) is 8.42 Å². The monoisotopic (exact) mass is 262 g/mol. The zero-order chi connectivity index (χ0) is 12.5. The third-order valence-electron chi connectivity index (χ3n) is 3.15. The van der Waals surface area contributed by atoms with Crippen molar-refractivity contribution in [3.05, 3.63) is 0 Å². The molecule has 0 aromatic heterocycles. The molecule has 0 radical (unpaired) electrons. The molecule has 1 aliphatic heterocycles. The summed E-state index contributed by atoms with van der Waals surface area (Å²) in [7, 11) is -3.13. The van der Waals surface area contributed by atoms with Crippen LogP contribution in [0.3, 0.4) is 0 Å². The summed E-state index contributed by atoms with van der Waals surface area (Å²) in [5.41, 5.74) is 0. The van der Waals surface area contributed by atoms with Gasteiger partial charge in [-0.15, -0.1) is 0 Å². The van der Waals surface area contributed by atoms with Gasteiger partial charge in [-0.05, 0) is 26.7 Å². The quantitative estimate of drug-likeness (QED) is 0.768. The fourth-order valence-corrected chi connectivity index (χ4v) is 3.67. The Morgan fingerprint density at radius 3 is 2.35 bits per heavy atom. The van der Waals surface area contributed by atoms with E-state index < -0.39 is 10.0 Å². The summed E-state index contributed by atoms with van der Waals surface area (Å²) < 4.78 is 31.3. The highest BCUT2D eigenvalue weighted by molar-refractivity contribution is 7.89. The molecule has 2 unspecified atom stereocenters. The molecule has 0 amide bonds. The molecular weight excluding hydrogens is 240 g/mol. The highest BCUT2D eigenvalue weighted by Crippen LogP contribution is 2.18. The van der Waals surface area contributed by atoms with Crippen molar-refractivity contribution in [1.29, 1.82) is 0 Å². The van der Waals surface area contributed by atoms with E-state index in [0.717, 1.165) is 0 Å². The van der Waals surface area contributed by atoms with E-state index in [1.807, 2.05) is 13.8 Å². The topological polar surface area (TPSA) is 58.6 Å². The van der Waals surface area contributed by atoms with Crippen molar-refractivity contribution < 1.29 is 13.2 Å². The minimum Gasteiger partial charge on any atom is -0.373 e. The first-order chi connectivity index (χ1) is 7.97. The minimum absolute atomic E-state index is 0.00934. The molecule has 0 bridgehead atoms. The maximum Gasteiger partial charge on any atom is 0.215 e. The van der Waals surface area contributed by atoms with Crippen LogP contribution in [-0.4, -0.2) is 56.4 Å². The molecule has 100 valence electrons. The molecule has 5 nitrogen and oxygen atoms in total. The van der Waals surface area contributed by atoms with Gasteiger partial charge in [0.25, 0.3) is 0 Å². The van der Waals surface area contributed by atoms with Crippen LogP contribution in [0.25, 0.3) is 0 Å². The predicted molar refractivity (Wildman–Crippen MR) is 66.4 cm³/mol. The fraction of sp³-hybridized carbons (Fsp3) is 1.00. The molecule has 1 N–H and O–H groups in total. The van der Waals surface area contributed by atoms with Gasteiger partial charge < -0.3 is 10.1 Å². The van der Waals surface area contributed by atoms with Crippen LogP contribution >= 0.6 is 0 Å². The van der Waals surface area contributed by atoms with E-state index in [-0.39, 0.29) is 18.0 Å². The number of sulfonamides is 1. The van der Waals surface area contributed by atoms with Gasteiger partial charge >= 0.3 is 0 Å². The lowest BCUT2D eigenvalue weighted by Gasteiger charge is -2.34. The molecule has 2 aliphatic rings. The molecule has 2 atom stereocenters. The number of ether oxygens (including phenoxy) is 1. The van der Waals surface area contributed by atoms with E-state index in [9.17, 15) is 8.42 Å². The summed E-state index contributed by atoms with van der Waals surface area (Å²) in [6, 6.07) is 0.563. The van der Waals surface area contributed by atoms with Crippen LogP contribution in [-0.2, 0) is 14.8 Å². The van der Waals surface area contributed by atoms with E-state index in [2.05, 4.69) is 5.32 Å². The molecule has 1 saturated heterocycles. The van der Waals surface area contributed by atoms with E-state index in [1.165, 1.54) is 12.8 Å². The van der Waals surface area contributed by atoms with Crippen molar-refractivity contribution >= 4 is 10.0 Å². The Morgan fingerprint density at radius 1 is 1.24 bits per heavy atom. The number of hydrogen-bond acceptors (Lipinski definition) is 4. The molecule has 2 fully saturated rings. The minimum atomic E-state index is -3.13. The molecule has 17 heavy (non-hydrogen) atoms. The molecule has 0 spiro atoms. The Morgan fingerprint density at radius 2 is 1.82 bits per heavy atom. The van der Waals surface area contributed by atoms with Gasteiger partial charge in [0, 0.05) is 25.7 Å². The van der Waals surface area contributed by atoms with Crippen molar-refractivity contribution in [3.8, 4) is 0 Å². The number of nitrogens with zero attached hydrogens (tertiary/aromatic N) is 1. The second-order valence-corrected chi connectivity index (χ2v) is 7.21. The Balaban J connectivity index is 1.84. The Bertz CT molecular complexity index is 344. The van der Waals surface area contributed by atoms with Crippen LogP contribution in [0.15, 0.2) is 0 Å². The van der Waals surface area contributed by atoms with Gasteiger partial charge in [0.05, 0.1) is 18.0 Å². The average molecular weight is 262 g/mol. The molecule has 2 rings (SSSR count). The highest BCUT2D eigenvalue weighted by Gasteiger charge is 2.31. The normalized spacial score (nSPS) is 31.6. The summed E-state index contributed by atoms with van der Waals surface area (Å²) in [4.78, 5) is 0. The zero-order valence-corrected chi connectivity index (χ0v) is 11.4. The third kappa shape index (κ3) is 3.91. The van der Waals surface area contributed by atoms with Crippen molar-refractivity contribution in [2.75, 3.05) is 25.4 Å². The maximum atomic E-state index is 12.1. The van der Waals surface area contributed by atoms with E-state index in [4.69, 9.17) is 4.74 Å². The molecule has 6 heteroatoms. The molecule has 1 heterocycles. The van der Waals surface area contributed by atoms with Crippen LogP contribution in [0.5, 0.6) is 0 Å². The maximum absolute atomic E-state index is 12.1. The first-order valence-corrected chi connectivity index (χ1v) is 7.95. The first kappa shape index (κ1) is 13.3.